The first-order chi connectivity index (χ1) is 10.1. The molecule has 4 heteroatoms. The molecule has 0 amide bonds. The van der Waals surface area contributed by atoms with Crippen LogP contribution in [-0.2, 0) is 17.8 Å². The first-order valence-corrected chi connectivity index (χ1v) is 7.17. The van der Waals surface area contributed by atoms with Crippen molar-refractivity contribution in [2.24, 2.45) is 0 Å². The molecule has 0 spiro atoms. The zero-order valence-electron chi connectivity index (χ0n) is 12.5. The Labute approximate surface area is 125 Å². The van der Waals surface area contributed by atoms with Crippen LogP contribution in [-0.4, -0.2) is 17.1 Å². The normalized spacial score (nSPS) is 10.8. The molecule has 0 aliphatic rings. The molecule has 21 heavy (non-hydrogen) atoms. The molecule has 0 radical (unpaired) electrons. The third kappa shape index (κ3) is 4.38. The van der Waals surface area contributed by atoms with Gasteiger partial charge < -0.3 is 14.4 Å². The van der Waals surface area contributed by atoms with Crippen molar-refractivity contribution in [3.8, 4) is 0 Å². The molecule has 2 rings (SSSR count). The monoisotopic (exact) mass is 287 g/mol. The minimum absolute atomic E-state index is 0.0906. The molecule has 112 valence electrons. The number of benzene rings is 1. The number of furan rings is 1. The number of anilines is 1. The molecule has 1 heterocycles. The predicted octanol–water partition coefficient (Wildman–Crippen LogP) is 3.71. The molecule has 0 bridgehead atoms. The van der Waals surface area contributed by atoms with E-state index in [-0.39, 0.29) is 6.42 Å². The number of aliphatic carboxylic acids is 1. The van der Waals surface area contributed by atoms with Gasteiger partial charge in [-0.05, 0) is 25.5 Å². The number of carboxylic acid groups (broad SMARTS) is 1. The topological polar surface area (TPSA) is 53.7 Å². The van der Waals surface area contributed by atoms with Crippen LogP contribution in [0.5, 0.6) is 0 Å². The molecule has 0 aliphatic heterocycles. The van der Waals surface area contributed by atoms with E-state index in [1.165, 1.54) is 5.56 Å². The summed E-state index contributed by atoms with van der Waals surface area (Å²) in [5, 5.41) is 8.72. The predicted molar refractivity (Wildman–Crippen MR) is 82.4 cm³/mol. The fraction of sp³-hybridized carbons (Fsp3) is 0.353. The Morgan fingerprint density at radius 1 is 1.19 bits per heavy atom. The van der Waals surface area contributed by atoms with Gasteiger partial charge in [-0.1, -0.05) is 30.3 Å². The lowest BCUT2D eigenvalue weighted by Crippen LogP contribution is -2.29. The van der Waals surface area contributed by atoms with Crippen LogP contribution in [0.2, 0.25) is 0 Å². The van der Waals surface area contributed by atoms with Crippen LogP contribution >= 0.6 is 0 Å². The molecule has 1 aromatic carbocycles. The standard InChI is InChI=1S/C17H21NO3/c1-13(2)18(12-14-6-4-3-5-7-14)16-10-8-15(21-16)9-11-17(19)20/h3-8,10,13H,9,11-12H2,1-2H3,(H,19,20). The van der Waals surface area contributed by atoms with Gasteiger partial charge in [-0.15, -0.1) is 0 Å². The Balaban J connectivity index is 2.09. The second kappa shape index (κ2) is 6.97. The number of aryl methyl sites for hydroxylation is 1. The highest BCUT2D eigenvalue weighted by molar-refractivity contribution is 5.66. The molecule has 1 aromatic heterocycles. The number of carboxylic acids is 1. The van der Waals surface area contributed by atoms with Crippen molar-refractivity contribution >= 4 is 11.9 Å². The number of rotatable bonds is 7. The summed E-state index contributed by atoms with van der Waals surface area (Å²) in [5.41, 5.74) is 1.22. The van der Waals surface area contributed by atoms with Gasteiger partial charge in [0.1, 0.15) is 5.76 Å². The van der Waals surface area contributed by atoms with Crippen LogP contribution in [0.1, 0.15) is 31.6 Å². The molecule has 4 nitrogen and oxygen atoms in total. The van der Waals surface area contributed by atoms with Crippen molar-refractivity contribution in [1.82, 2.24) is 0 Å². The molecule has 0 fully saturated rings. The van der Waals surface area contributed by atoms with Crippen LogP contribution < -0.4 is 4.90 Å². The third-order valence-electron chi connectivity index (χ3n) is 3.33. The van der Waals surface area contributed by atoms with Gasteiger partial charge in [-0.3, -0.25) is 4.79 Å². The van der Waals surface area contributed by atoms with Gasteiger partial charge in [-0.2, -0.15) is 0 Å². The van der Waals surface area contributed by atoms with Crippen LogP contribution in [0.3, 0.4) is 0 Å². The van der Waals surface area contributed by atoms with E-state index in [2.05, 4.69) is 30.9 Å². The number of nitrogens with zero attached hydrogens (tertiary/aromatic N) is 1. The van der Waals surface area contributed by atoms with E-state index < -0.39 is 5.97 Å². The van der Waals surface area contributed by atoms with E-state index in [9.17, 15) is 4.79 Å². The minimum atomic E-state index is -0.807. The average Bonchev–Trinajstić information content (AvgIpc) is 2.92. The molecule has 0 saturated heterocycles. The maximum Gasteiger partial charge on any atom is 0.303 e. The summed E-state index contributed by atoms with van der Waals surface area (Å²) < 4.78 is 5.79. The van der Waals surface area contributed by atoms with Crippen molar-refractivity contribution < 1.29 is 14.3 Å². The van der Waals surface area contributed by atoms with E-state index in [0.717, 1.165) is 12.4 Å². The lowest BCUT2D eigenvalue weighted by atomic mass is 10.2. The van der Waals surface area contributed by atoms with Crippen molar-refractivity contribution in [3.63, 3.8) is 0 Å². The van der Waals surface area contributed by atoms with Crippen molar-refractivity contribution in [3.05, 3.63) is 53.8 Å². The fourth-order valence-corrected chi connectivity index (χ4v) is 2.18. The first kappa shape index (κ1) is 15.2. The van der Waals surface area contributed by atoms with Crippen molar-refractivity contribution in [2.75, 3.05) is 4.90 Å². The first-order valence-electron chi connectivity index (χ1n) is 7.17. The van der Waals surface area contributed by atoms with Gasteiger partial charge in [0.15, 0.2) is 5.88 Å². The third-order valence-corrected chi connectivity index (χ3v) is 3.33. The Kier molecular flexibility index (Phi) is 5.04. The van der Waals surface area contributed by atoms with E-state index in [1.54, 1.807) is 0 Å². The second-order valence-corrected chi connectivity index (χ2v) is 5.34. The largest absolute Gasteiger partial charge is 0.481 e. The van der Waals surface area contributed by atoms with Gasteiger partial charge in [0.25, 0.3) is 0 Å². The smallest absolute Gasteiger partial charge is 0.303 e. The van der Waals surface area contributed by atoms with Crippen LogP contribution in [0, 0.1) is 0 Å². The summed E-state index contributed by atoms with van der Waals surface area (Å²) in [6.07, 6.45) is 0.514. The quantitative estimate of drug-likeness (QED) is 0.843. The fourth-order valence-electron chi connectivity index (χ4n) is 2.18. The van der Waals surface area contributed by atoms with E-state index in [0.29, 0.717) is 18.2 Å². The summed E-state index contributed by atoms with van der Waals surface area (Å²) in [4.78, 5) is 12.8. The molecule has 0 atom stereocenters. The van der Waals surface area contributed by atoms with Gasteiger partial charge >= 0.3 is 5.97 Å². The highest BCUT2D eigenvalue weighted by Crippen LogP contribution is 2.23. The Morgan fingerprint density at radius 3 is 2.52 bits per heavy atom. The van der Waals surface area contributed by atoms with E-state index >= 15 is 0 Å². The van der Waals surface area contributed by atoms with Crippen molar-refractivity contribution in [2.45, 2.75) is 39.3 Å². The van der Waals surface area contributed by atoms with E-state index in [4.69, 9.17) is 9.52 Å². The Morgan fingerprint density at radius 2 is 1.90 bits per heavy atom. The maximum atomic E-state index is 10.6. The lowest BCUT2D eigenvalue weighted by molar-refractivity contribution is -0.137. The molecule has 0 aliphatic carbocycles. The molecular weight excluding hydrogens is 266 g/mol. The maximum absolute atomic E-state index is 10.6. The second-order valence-electron chi connectivity index (χ2n) is 5.34. The van der Waals surface area contributed by atoms with Gasteiger partial charge in [-0.25, -0.2) is 0 Å². The SMILES string of the molecule is CC(C)N(Cc1ccccc1)c1ccc(CCC(=O)O)o1. The summed E-state index contributed by atoms with van der Waals surface area (Å²) >= 11 is 0. The molecule has 2 aromatic rings. The highest BCUT2D eigenvalue weighted by atomic mass is 16.4. The molecule has 0 unspecified atom stereocenters. The Hall–Kier alpha value is -2.23. The van der Waals surface area contributed by atoms with Gasteiger partial charge in [0, 0.05) is 25.1 Å². The van der Waals surface area contributed by atoms with Gasteiger partial charge in [0.05, 0.1) is 6.42 Å². The lowest BCUT2D eigenvalue weighted by Gasteiger charge is -2.26. The number of hydrogen-bond acceptors (Lipinski definition) is 3. The summed E-state index contributed by atoms with van der Waals surface area (Å²) in [5.74, 6) is 0.693. The van der Waals surface area contributed by atoms with Crippen LogP contribution in [0.4, 0.5) is 5.88 Å². The number of carbonyl (C=O) groups is 1. The van der Waals surface area contributed by atoms with Crippen LogP contribution in [0.15, 0.2) is 46.9 Å². The number of hydrogen-bond donors (Lipinski definition) is 1. The molecule has 0 saturated carbocycles. The van der Waals surface area contributed by atoms with Crippen molar-refractivity contribution in [1.29, 1.82) is 0 Å². The molecule has 1 N–H and O–H groups in total. The minimum Gasteiger partial charge on any atom is -0.481 e. The van der Waals surface area contributed by atoms with Gasteiger partial charge in [0.2, 0.25) is 0 Å². The highest BCUT2D eigenvalue weighted by Gasteiger charge is 2.15. The zero-order chi connectivity index (χ0) is 15.2. The van der Waals surface area contributed by atoms with E-state index in [1.807, 2.05) is 30.3 Å². The Bertz CT molecular complexity index is 575. The van der Waals surface area contributed by atoms with Crippen LogP contribution in [0.25, 0.3) is 0 Å². The summed E-state index contributed by atoms with van der Waals surface area (Å²) in [6.45, 7) is 5.00. The average molecular weight is 287 g/mol. The summed E-state index contributed by atoms with van der Waals surface area (Å²) in [6, 6.07) is 14.3. The summed E-state index contributed by atoms with van der Waals surface area (Å²) in [7, 11) is 0. The zero-order valence-corrected chi connectivity index (χ0v) is 12.5. The molecular formula is C17H21NO3.